The molecule has 0 heterocycles. The lowest BCUT2D eigenvalue weighted by molar-refractivity contribution is -0.122. The van der Waals surface area contributed by atoms with Crippen LogP contribution in [0.25, 0.3) is 0 Å². The van der Waals surface area contributed by atoms with Gasteiger partial charge in [0.1, 0.15) is 0 Å². The first kappa shape index (κ1) is 13.0. The molecule has 0 unspecified atom stereocenters. The van der Waals surface area contributed by atoms with Gasteiger partial charge < -0.3 is 16.0 Å². The third-order valence-electron chi connectivity index (χ3n) is 2.47. The van der Waals surface area contributed by atoms with Gasteiger partial charge in [-0.15, -0.1) is 0 Å². The van der Waals surface area contributed by atoms with Crippen LogP contribution >= 0.6 is 0 Å². The fraction of sp³-hybridized carbons (Fsp3) is 0.818. The first-order valence-corrected chi connectivity index (χ1v) is 5.96. The smallest absolute Gasteiger partial charge is 0.233 e. The Morgan fingerprint density at radius 1 is 1.19 bits per heavy atom. The van der Waals surface area contributed by atoms with Gasteiger partial charge in [0.2, 0.25) is 11.8 Å². The van der Waals surface area contributed by atoms with E-state index in [1.807, 2.05) is 6.92 Å². The molecule has 0 aromatic rings. The maximum Gasteiger partial charge on any atom is 0.233 e. The molecule has 0 atom stereocenters. The maximum absolute atomic E-state index is 11.3. The molecule has 5 heteroatoms. The van der Waals surface area contributed by atoms with E-state index in [0.717, 1.165) is 6.54 Å². The number of carbonyl (C=O) groups excluding carboxylic acids is 2. The molecule has 0 aliphatic heterocycles. The second kappa shape index (κ2) is 7.22. The summed E-state index contributed by atoms with van der Waals surface area (Å²) in [4.78, 5) is 22.3. The minimum absolute atomic E-state index is 0.0165. The van der Waals surface area contributed by atoms with Gasteiger partial charge in [-0.3, -0.25) is 9.59 Å². The fourth-order valence-electron chi connectivity index (χ4n) is 1.33. The molecule has 0 bridgehead atoms. The molecule has 1 rings (SSSR count). The lowest BCUT2D eigenvalue weighted by Gasteiger charge is -2.06. The second-order valence-corrected chi connectivity index (χ2v) is 4.13. The maximum atomic E-state index is 11.3. The summed E-state index contributed by atoms with van der Waals surface area (Å²) in [5, 5.41) is 8.50. The molecule has 92 valence electrons. The van der Waals surface area contributed by atoms with Gasteiger partial charge in [0, 0.05) is 26.1 Å². The number of nitrogens with one attached hydrogen (secondary N) is 3. The summed E-state index contributed by atoms with van der Waals surface area (Å²) in [6, 6.07) is 0. The topological polar surface area (TPSA) is 70.2 Å². The van der Waals surface area contributed by atoms with E-state index >= 15 is 0 Å². The van der Waals surface area contributed by atoms with Crippen molar-refractivity contribution in [3.63, 3.8) is 0 Å². The van der Waals surface area contributed by atoms with Crippen LogP contribution in [-0.4, -0.2) is 38.0 Å². The van der Waals surface area contributed by atoms with Crippen LogP contribution in [0.1, 0.15) is 26.2 Å². The van der Waals surface area contributed by atoms with Crippen molar-refractivity contribution < 1.29 is 9.59 Å². The highest BCUT2D eigenvalue weighted by molar-refractivity contribution is 5.78. The van der Waals surface area contributed by atoms with Crippen molar-refractivity contribution in [2.24, 2.45) is 5.92 Å². The first-order chi connectivity index (χ1) is 7.72. The molecule has 0 aromatic carbocycles. The van der Waals surface area contributed by atoms with Crippen LogP contribution in [0.15, 0.2) is 0 Å². The molecule has 2 amide bonds. The van der Waals surface area contributed by atoms with Gasteiger partial charge >= 0.3 is 0 Å². The zero-order chi connectivity index (χ0) is 11.8. The Morgan fingerprint density at radius 3 is 2.56 bits per heavy atom. The Bertz CT molecular complexity index is 239. The van der Waals surface area contributed by atoms with Crippen molar-refractivity contribution in [1.82, 2.24) is 16.0 Å². The molecular weight excluding hydrogens is 206 g/mol. The van der Waals surface area contributed by atoms with Gasteiger partial charge in [-0.1, -0.05) is 0 Å². The summed E-state index contributed by atoms with van der Waals surface area (Å²) in [5.74, 6) is 0.746. The molecule has 0 spiro atoms. The third-order valence-corrected chi connectivity index (χ3v) is 2.47. The van der Waals surface area contributed by atoms with E-state index in [4.69, 9.17) is 0 Å². The molecular formula is C11H21N3O2. The molecule has 1 aliphatic carbocycles. The van der Waals surface area contributed by atoms with Gasteiger partial charge in [-0.05, 0) is 25.7 Å². The van der Waals surface area contributed by atoms with Crippen molar-refractivity contribution in [2.75, 3.05) is 26.2 Å². The van der Waals surface area contributed by atoms with Crippen LogP contribution in [0.4, 0.5) is 0 Å². The SMILES string of the molecule is CCNC(=O)CCNCC(=O)NCC1CC1. The predicted molar refractivity (Wildman–Crippen MR) is 61.9 cm³/mol. The van der Waals surface area contributed by atoms with Gasteiger partial charge in [0.05, 0.1) is 6.54 Å². The van der Waals surface area contributed by atoms with Crippen LogP contribution in [0.3, 0.4) is 0 Å². The van der Waals surface area contributed by atoms with Crippen LogP contribution < -0.4 is 16.0 Å². The zero-order valence-corrected chi connectivity index (χ0v) is 9.84. The van der Waals surface area contributed by atoms with Gasteiger partial charge in [0.15, 0.2) is 0 Å². The third kappa shape index (κ3) is 6.40. The van der Waals surface area contributed by atoms with Crippen LogP contribution in [0.5, 0.6) is 0 Å². The van der Waals surface area contributed by atoms with Gasteiger partial charge in [-0.25, -0.2) is 0 Å². The Labute approximate surface area is 96.4 Å². The van der Waals surface area contributed by atoms with E-state index in [1.165, 1.54) is 12.8 Å². The lowest BCUT2D eigenvalue weighted by atomic mass is 10.4. The van der Waals surface area contributed by atoms with Crippen molar-refractivity contribution in [1.29, 1.82) is 0 Å². The Kier molecular flexibility index (Phi) is 5.85. The van der Waals surface area contributed by atoms with E-state index in [2.05, 4.69) is 16.0 Å². The number of hydrogen-bond acceptors (Lipinski definition) is 3. The number of carbonyl (C=O) groups is 2. The highest BCUT2D eigenvalue weighted by Gasteiger charge is 2.21. The second-order valence-electron chi connectivity index (χ2n) is 4.13. The summed E-state index contributed by atoms with van der Waals surface area (Å²) in [5.41, 5.74) is 0. The van der Waals surface area contributed by atoms with E-state index in [9.17, 15) is 9.59 Å². The first-order valence-electron chi connectivity index (χ1n) is 5.96. The Morgan fingerprint density at radius 2 is 1.94 bits per heavy atom. The predicted octanol–water partition coefficient (Wildman–Crippen LogP) is -0.372. The molecule has 5 nitrogen and oxygen atoms in total. The molecule has 1 fully saturated rings. The van der Waals surface area contributed by atoms with E-state index in [-0.39, 0.29) is 11.8 Å². The van der Waals surface area contributed by atoms with Crippen molar-refractivity contribution in [3.05, 3.63) is 0 Å². The zero-order valence-electron chi connectivity index (χ0n) is 9.84. The standard InChI is InChI=1S/C11H21N3O2/c1-2-13-10(15)5-6-12-8-11(16)14-7-9-3-4-9/h9,12H,2-8H2,1H3,(H,13,15)(H,14,16). The summed E-state index contributed by atoms with van der Waals surface area (Å²) < 4.78 is 0. The van der Waals surface area contributed by atoms with Crippen LogP contribution in [0, 0.1) is 5.92 Å². The normalized spacial score (nSPS) is 14.6. The van der Waals surface area contributed by atoms with E-state index in [0.29, 0.717) is 32.0 Å². The highest BCUT2D eigenvalue weighted by Crippen LogP contribution is 2.27. The minimum Gasteiger partial charge on any atom is -0.356 e. The fourth-order valence-corrected chi connectivity index (χ4v) is 1.33. The number of amides is 2. The molecule has 1 saturated carbocycles. The molecule has 0 aromatic heterocycles. The summed E-state index contributed by atoms with van der Waals surface area (Å²) in [7, 11) is 0. The van der Waals surface area contributed by atoms with E-state index in [1.54, 1.807) is 0 Å². The largest absolute Gasteiger partial charge is 0.356 e. The Hall–Kier alpha value is -1.10. The van der Waals surface area contributed by atoms with E-state index < -0.39 is 0 Å². The quantitative estimate of drug-likeness (QED) is 0.495. The van der Waals surface area contributed by atoms with Crippen LogP contribution in [-0.2, 0) is 9.59 Å². The molecule has 16 heavy (non-hydrogen) atoms. The average molecular weight is 227 g/mol. The summed E-state index contributed by atoms with van der Waals surface area (Å²) in [6.07, 6.45) is 2.90. The average Bonchev–Trinajstić information content (AvgIpc) is 3.06. The van der Waals surface area contributed by atoms with Crippen molar-refractivity contribution in [2.45, 2.75) is 26.2 Å². The molecule has 1 aliphatic rings. The van der Waals surface area contributed by atoms with Crippen molar-refractivity contribution >= 4 is 11.8 Å². The highest BCUT2D eigenvalue weighted by atomic mass is 16.2. The van der Waals surface area contributed by atoms with Crippen LogP contribution in [0.2, 0.25) is 0 Å². The Balaban J connectivity index is 1.89. The monoisotopic (exact) mass is 227 g/mol. The van der Waals surface area contributed by atoms with Gasteiger partial charge in [-0.2, -0.15) is 0 Å². The number of rotatable bonds is 8. The van der Waals surface area contributed by atoms with Gasteiger partial charge in [0.25, 0.3) is 0 Å². The number of hydrogen-bond donors (Lipinski definition) is 3. The summed E-state index contributed by atoms with van der Waals surface area (Å²) in [6.45, 7) is 4.18. The summed E-state index contributed by atoms with van der Waals surface area (Å²) >= 11 is 0. The molecule has 3 N–H and O–H groups in total. The lowest BCUT2D eigenvalue weighted by Crippen LogP contribution is -2.36. The molecule has 0 saturated heterocycles. The minimum atomic E-state index is 0.0165. The molecule has 0 radical (unpaired) electrons. The van der Waals surface area contributed by atoms with Crippen molar-refractivity contribution in [3.8, 4) is 0 Å².